The molecule has 0 aliphatic heterocycles. The molecule has 1 unspecified atom stereocenters. The number of hydrogen-bond acceptors (Lipinski definition) is 3. The third-order valence-corrected chi connectivity index (χ3v) is 4.12. The van der Waals surface area contributed by atoms with Gasteiger partial charge in [0.25, 0.3) is 0 Å². The van der Waals surface area contributed by atoms with Gasteiger partial charge in [-0.2, -0.15) is 0 Å². The van der Waals surface area contributed by atoms with Crippen molar-refractivity contribution < 1.29 is 9.84 Å². The Morgan fingerprint density at radius 1 is 1.47 bits per heavy atom. The zero-order valence-corrected chi connectivity index (χ0v) is 11.6. The van der Waals surface area contributed by atoms with Crippen molar-refractivity contribution in [3.05, 3.63) is 28.5 Å². The Bertz CT molecular complexity index is 360. The molecule has 0 aromatic carbocycles. The van der Waals surface area contributed by atoms with E-state index in [1.165, 1.54) is 0 Å². The van der Waals surface area contributed by atoms with E-state index in [2.05, 4.69) is 20.9 Å². The van der Waals surface area contributed by atoms with Crippen LogP contribution in [0.1, 0.15) is 31.4 Å². The van der Waals surface area contributed by atoms with E-state index in [1.54, 1.807) is 13.3 Å². The SMILES string of the molecule is COC1(C(O)Cc2ccc(Br)cn2)CCCC1. The molecule has 1 aliphatic carbocycles. The van der Waals surface area contributed by atoms with Gasteiger partial charge in [-0.25, -0.2) is 0 Å². The highest BCUT2D eigenvalue weighted by Crippen LogP contribution is 2.36. The van der Waals surface area contributed by atoms with E-state index < -0.39 is 6.10 Å². The molecule has 1 aromatic heterocycles. The minimum Gasteiger partial charge on any atom is -0.390 e. The van der Waals surface area contributed by atoms with Crippen LogP contribution in [-0.2, 0) is 11.2 Å². The molecule has 0 amide bonds. The molecule has 0 radical (unpaired) electrons. The van der Waals surface area contributed by atoms with Crippen LogP contribution >= 0.6 is 15.9 Å². The Hall–Kier alpha value is -0.450. The van der Waals surface area contributed by atoms with Crippen LogP contribution in [0.25, 0.3) is 0 Å². The lowest BCUT2D eigenvalue weighted by atomic mass is 9.91. The molecule has 2 rings (SSSR count). The molecule has 17 heavy (non-hydrogen) atoms. The second-order valence-electron chi connectivity index (χ2n) is 4.66. The summed E-state index contributed by atoms with van der Waals surface area (Å²) >= 11 is 3.35. The van der Waals surface area contributed by atoms with Crippen LogP contribution in [0.3, 0.4) is 0 Å². The average molecular weight is 300 g/mol. The lowest BCUT2D eigenvalue weighted by molar-refractivity contribution is -0.0974. The maximum absolute atomic E-state index is 10.3. The topological polar surface area (TPSA) is 42.4 Å². The van der Waals surface area contributed by atoms with Crippen molar-refractivity contribution in [3.8, 4) is 0 Å². The number of ether oxygens (including phenoxy) is 1. The van der Waals surface area contributed by atoms with E-state index in [4.69, 9.17) is 4.74 Å². The maximum atomic E-state index is 10.3. The Morgan fingerprint density at radius 2 is 2.18 bits per heavy atom. The summed E-state index contributed by atoms with van der Waals surface area (Å²) in [6.07, 6.45) is 6.01. The first kappa shape index (κ1) is 13.0. The number of methoxy groups -OCH3 is 1. The van der Waals surface area contributed by atoms with Gasteiger partial charge >= 0.3 is 0 Å². The van der Waals surface area contributed by atoms with E-state index in [0.717, 1.165) is 35.8 Å². The first-order valence-electron chi connectivity index (χ1n) is 6.00. The summed E-state index contributed by atoms with van der Waals surface area (Å²) in [7, 11) is 1.70. The predicted molar refractivity (Wildman–Crippen MR) is 69.9 cm³/mol. The summed E-state index contributed by atoms with van der Waals surface area (Å²) in [6.45, 7) is 0. The Balaban J connectivity index is 2.05. The van der Waals surface area contributed by atoms with Gasteiger partial charge in [0.1, 0.15) is 0 Å². The molecule has 0 saturated heterocycles. The summed E-state index contributed by atoms with van der Waals surface area (Å²) in [6, 6.07) is 3.88. The molecule has 1 heterocycles. The largest absolute Gasteiger partial charge is 0.390 e. The van der Waals surface area contributed by atoms with Crippen LogP contribution in [0.5, 0.6) is 0 Å². The highest BCUT2D eigenvalue weighted by molar-refractivity contribution is 9.10. The van der Waals surface area contributed by atoms with Crippen LogP contribution in [0, 0.1) is 0 Å². The van der Waals surface area contributed by atoms with Gasteiger partial charge in [0.05, 0.1) is 11.7 Å². The number of aliphatic hydroxyl groups excluding tert-OH is 1. The summed E-state index contributed by atoms with van der Waals surface area (Å²) in [5, 5.41) is 10.3. The van der Waals surface area contributed by atoms with Gasteiger partial charge in [-0.05, 0) is 40.9 Å². The predicted octanol–water partition coefficient (Wildman–Crippen LogP) is 2.71. The van der Waals surface area contributed by atoms with Crippen molar-refractivity contribution in [2.24, 2.45) is 0 Å². The lowest BCUT2D eigenvalue weighted by Gasteiger charge is -2.32. The van der Waals surface area contributed by atoms with Gasteiger partial charge in [0.2, 0.25) is 0 Å². The van der Waals surface area contributed by atoms with E-state index in [-0.39, 0.29) is 5.60 Å². The van der Waals surface area contributed by atoms with Crippen molar-refractivity contribution >= 4 is 15.9 Å². The molecule has 94 valence electrons. The second-order valence-corrected chi connectivity index (χ2v) is 5.58. The van der Waals surface area contributed by atoms with Crippen LogP contribution in [-0.4, -0.2) is 28.9 Å². The molecule has 3 nitrogen and oxygen atoms in total. The summed E-state index contributed by atoms with van der Waals surface area (Å²) < 4.78 is 6.53. The van der Waals surface area contributed by atoms with Gasteiger partial charge in [0, 0.05) is 29.9 Å². The highest BCUT2D eigenvalue weighted by atomic mass is 79.9. The Kier molecular flexibility index (Phi) is 4.17. The Labute approximate surface area is 110 Å². The van der Waals surface area contributed by atoms with E-state index in [0.29, 0.717) is 6.42 Å². The molecule has 1 N–H and O–H groups in total. The number of aromatic nitrogens is 1. The first-order valence-corrected chi connectivity index (χ1v) is 6.79. The van der Waals surface area contributed by atoms with E-state index >= 15 is 0 Å². The third kappa shape index (κ3) is 2.87. The molecule has 1 aliphatic rings. The van der Waals surface area contributed by atoms with Gasteiger partial charge < -0.3 is 9.84 Å². The van der Waals surface area contributed by atoms with Crippen LogP contribution in [0.15, 0.2) is 22.8 Å². The zero-order chi connectivity index (χ0) is 12.3. The highest BCUT2D eigenvalue weighted by Gasteiger charge is 2.40. The number of rotatable bonds is 4. The van der Waals surface area contributed by atoms with Crippen molar-refractivity contribution in [1.82, 2.24) is 4.98 Å². The molecule has 4 heteroatoms. The van der Waals surface area contributed by atoms with Crippen molar-refractivity contribution in [2.45, 2.75) is 43.8 Å². The number of halogens is 1. The van der Waals surface area contributed by atoms with Crippen molar-refractivity contribution in [2.75, 3.05) is 7.11 Å². The molecule has 1 saturated carbocycles. The number of hydrogen-bond donors (Lipinski definition) is 1. The fraction of sp³-hybridized carbons (Fsp3) is 0.615. The first-order chi connectivity index (χ1) is 8.16. The van der Waals surface area contributed by atoms with Gasteiger partial charge in [0.15, 0.2) is 0 Å². The molecule has 1 aromatic rings. The van der Waals surface area contributed by atoms with Crippen molar-refractivity contribution in [1.29, 1.82) is 0 Å². The van der Waals surface area contributed by atoms with Gasteiger partial charge in [-0.15, -0.1) is 0 Å². The minimum absolute atomic E-state index is 0.352. The number of nitrogens with zero attached hydrogens (tertiary/aromatic N) is 1. The average Bonchev–Trinajstić information content (AvgIpc) is 2.82. The van der Waals surface area contributed by atoms with Crippen LogP contribution < -0.4 is 0 Å². The smallest absolute Gasteiger partial charge is 0.0940 e. The monoisotopic (exact) mass is 299 g/mol. The van der Waals surface area contributed by atoms with E-state index in [1.807, 2.05) is 12.1 Å². The molecule has 0 bridgehead atoms. The second kappa shape index (κ2) is 5.46. The lowest BCUT2D eigenvalue weighted by Crippen LogP contribution is -2.43. The van der Waals surface area contributed by atoms with Crippen molar-refractivity contribution in [3.63, 3.8) is 0 Å². The zero-order valence-electron chi connectivity index (χ0n) is 10.0. The normalized spacial score (nSPS) is 20.4. The van der Waals surface area contributed by atoms with Gasteiger partial charge in [-0.3, -0.25) is 4.98 Å². The third-order valence-electron chi connectivity index (χ3n) is 3.65. The van der Waals surface area contributed by atoms with Gasteiger partial charge in [-0.1, -0.05) is 12.8 Å². The van der Waals surface area contributed by atoms with Crippen LogP contribution in [0.4, 0.5) is 0 Å². The molecule has 0 spiro atoms. The fourth-order valence-electron chi connectivity index (χ4n) is 2.56. The molecular formula is C13H18BrNO2. The fourth-order valence-corrected chi connectivity index (χ4v) is 2.79. The summed E-state index contributed by atoms with van der Waals surface area (Å²) in [5.74, 6) is 0. The molecular weight excluding hydrogens is 282 g/mol. The summed E-state index contributed by atoms with van der Waals surface area (Å²) in [5.41, 5.74) is 0.554. The number of aliphatic hydroxyl groups is 1. The van der Waals surface area contributed by atoms with Crippen LogP contribution in [0.2, 0.25) is 0 Å². The number of pyridine rings is 1. The molecule has 1 fully saturated rings. The minimum atomic E-state index is -0.469. The Morgan fingerprint density at radius 3 is 2.71 bits per heavy atom. The summed E-state index contributed by atoms with van der Waals surface area (Å²) in [4.78, 5) is 4.29. The van der Waals surface area contributed by atoms with E-state index in [9.17, 15) is 5.11 Å². The maximum Gasteiger partial charge on any atom is 0.0940 e. The molecule has 1 atom stereocenters. The quantitative estimate of drug-likeness (QED) is 0.929. The standard InChI is InChI=1S/C13H18BrNO2/c1-17-13(6-2-3-7-13)12(16)8-11-5-4-10(14)9-15-11/h4-5,9,12,16H,2-3,6-8H2,1H3.